The fourth-order valence-corrected chi connectivity index (χ4v) is 2.01. The van der Waals surface area contributed by atoms with Gasteiger partial charge in [0.2, 0.25) is 0 Å². The number of aliphatic hydroxyl groups is 1. The largest absolute Gasteiger partial charge is 0.376 e. The van der Waals surface area contributed by atoms with Crippen LogP contribution >= 0.6 is 0 Å². The molecule has 3 heteroatoms. The zero-order valence-electron chi connectivity index (χ0n) is 8.47. The van der Waals surface area contributed by atoms with E-state index in [4.69, 9.17) is 0 Å². The van der Waals surface area contributed by atoms with Crippen LogP contribution in [-0.2, 0) is 6.54 Å². The second-order valence-corrected chi connectivity index (χ2v) is 3.96. The lowest BCUT2D eigenvalue weighted by molar-refractivity contribution is -0.0190. The van der Waals surface area contributed by atoms with Gasteiger partial charge >= 0.3 is 0 Å². The van der Waals surface area contributed by atoms with E-state index in [0.29, 0.717) is 6.54 Å². The highest BCUT2D eigenvalue weighted by atomic mass is 16.3. The molecule has 0 aromatic carbocycles. The first-order chi connectivity index (χ1) is 6.86. The van der Waals surface area contributed by atoms with E-state index in [1.807, 2.05) is 29.1 Å². The van der Waals surface area contributed by atoms with Crippen LogP contribution in [0.15, 0.2) is 24.5 Å². The van der Waals surface area contributed by atoms with Gasteiger partial charge in [0.15, 0.2) is 0 Å². The van der Waals surface area contributed by atoms with Crippen molar-refractivity contribution in [1.82, 2.24) is 9.47 Å². The smallest absolute Gasteiger partial charge is 0.125 e. The average molecular weight is 194 g/mol. The Morgan fingerprint density at radius 2 is 1.71 bits per heavy atom. The summed E-state index contributed by atoms with van der Waals surface area (Å²) in [4.78, 5) is 2.17. The Balaban J connectivity index is 1.85. The predicted molar refractivity (Wildman–Crippen MR) is 55.9 cm³/mol. The van der Waals surface area contributed by atoms with Crippen molar-refractivity contribution in [1.29, 1.82) is 0 Å². The van der Waals surface area contributed by atoms with E-state index < -0.39 is 0 Å². The highest BCUT2D eigenvalue weighted by molar-refractivity contribution is 4.90. The molecule has 0 bridgehead atoms. The molecule has 1 atom stereocenters. The van der Waals surface area contributed by atoms with E-state index in [0.717, 1.165) is 13.1 Å². The summed E-state index contributed by atoms with van der Waals surface area (Å²) < 4.78 is 2.03. The Kier molecular flexibility index (Phi) is 3.22. The normalized spacial score (nSPS) is 20.9. The molecule has 2 rings (SSSR count). The van der Waals surface area contributed by atoms with Crippen molar-refractivity contribution in [2.75, 3.05) is 13.1 Å². The van der Waals surface area contributed by atoms with E-state index in [1.165, 1.54) is 19.3 Å². The second-order valence-electron chi connectivity index (χ2n) is 3.96. The number of hydrogen-bond donors (Lipinski definition) is 1. The molecule has 0 spiro atoms. The third-order valence-corrected chi connectivity index (χ3v) is 2.85. The molecular formula is C11H18N2O. The van der Waals surface area contributed by atoms with Crippen molar-refractivity contribution >= 4 is 0 Å². The van der Waals surface area contributed by atoms with Crippen molar-refractivity contribution in [3.05, 3.63) is 24.5 Å². The van der Waals surface area contributed by atoms with Gasteiger partial charge in [-0.05, 0) is 25.0 Å². The SMILES string of the molecule is OC(Cn1cccc1)N1CCCCC1. The summed E-state index contributed by atoms with van der Waals surface area (Å²) in [5, 5.41) is 9.95. The van der Waals surface area contributed by atoms with Gasteiger partial charge in [-0.15, -0.1) is 0 Å². The van der Waals surface area contributed by atoms with Gasteiger partial charge in [-0.1, -0.05) is 6.42 Å². The van der Waals surface area contributed by atoms with Crippen LogP contribution in [-0.4, -0.2) is 33.9 Å². The summed E-state index contributed by atoms with van der Waals surface area (Å²) in [6.45, 7) is 2.78. The quantitative estimate of drug-likeness (QED) is 0.785. The highest BCUT2D eigenvalue weighted by Gasteiger charge is 2.17. The van der Waals surface area contributed by atoms with Crippen molar-refractivity contribution in [3.8, 4) is 0 Å². The van der Waals surface area contributed by atoms with Crippen molar-refractivity contribution in [2.45, 2.75) is 32.0 Å². The van der Waals surface area contributed by atoms with Gasteiger partial charge in [-0.3, -0.25) is 4.90 Å². The summed E-state index contributed by atoms with van der Waals surface area (Å²) in [5.74, 6) is 0. The van der Waals surface area contributed by atoms with Crippen LogP contribution in [0.4, 0.5) is 0 Å². The Hall–Kier alpha value is -0.800. The molecule has 3 nitrogen and oxygen atoms in total. The molecule has 0 radical (unpaired) electrons. The molecule has 1 aliphatic rings. The Labute approximate surface area is 85.0 Å². The molecule has 1 aromatic rings. The summed E-state index contributed by atoms with van der Waals surface area (Å²) >= 11 is 0. The molecule has 1 saturated heterocycles. The molecule has 14 heavy (non-hydrogen) atoms. The zero-order valence-corrected chi connectivity index (χ0v) is 8.47. The number of likely N-dealkylation sites (tertiary alicyclic amines) is 1. The third kappa shape index (κ3) is 2.36. The number of nitrogens with zero attached hydrogens (tertiary/aromatic N) is 2. The topological polar surface area (TPSA) is 28.4 Å². The Morgan fingerprint density at radius 1 is 1.07 bits per heavy atom. The number of rotatable bonds is 3. The first-order valence-corrected chi connectivity index (χ1v) is 5.39. The van der Waals surface area contributed by atoms with Gasteiger partial charge in [-0.2, -0.15) is 0 Å². The minimum atomic E-state index is -0.317. The second kappa shape index (κ2) is 4.62. The van der Waals surface area contributed by atoms with E-state index in [2.05, 4.69) is 4.90 Å². The summed E-state index contributed by atoms with van der Waals surface area (Å²) in [7, 11) is 0. The summed E-state index contributed by atoms with van der Waals surface area (Å²) in [6.07, 6.45) is 7.43. The van der Waals surface area contributed by atoms with Crippen LogP contribution in [0.25, 0.3) is 0 Å². The summed E-state index contributed by atoms with van der Waals surface area (Å²) in [6, 6.07) is 3.98. The number of piperidine rings is 1. The average Bonchev–Trinajstić information content (AvgIpc) is 2.72. The van der Waals surface area contributed by atoms with Gasteiger partial charge in [0.05, 0.1) is 6.54 Å². The van der Waals surface area contributed by atoms with Gasteiger partial charge in [0.1, 0.15) is 6.23 Å². The maximum Gasteiger partial charge on any atom is 0.125 e. The number of hydrogen-bond acceptors (Lipinski definition) is 2. The molecule has 1 unspecified atom stereocenters. The maximum absolute atomic E-state index is 9.95. The lowest BCUT2D eigenvalue weighted by Crippen LogP contribution is -2.41. The minimum absolute atomic E-state index is 0.317. The Bertz CT molecular complexity index is 252. The summed E-state index contributed by atoms with van der Waals surface area (Å²) in [5.41, 5.74) is 0. The van der Waals surface area contributed by atoms with E-state index in [1.54, 1.807) is 0 Å². The molecule has 1 N–H and O–H groups in total. The van der Waals surface area contributed by atoms with Crippen molar-refractivity contribution in [3.63, 3.8) is 0 Å². The van der Waals surface area contributed by atoms with Crippen LogP contribution in [0.3, 0.4) is 0 Å². The molecule has 1 fully saturated rings. The fourth-order valence-electron chi connectivity index (χ4n) is 2.01. The van der Waals surface area contributed by atoms with Gasteiger partial charge in [-0.25, -0.2) is 0 Å². The number of aliphatic hydroxyl groups excluding tert-OH is 1. The zero-order chi connectivity index (χ0) is 9.80. The molecule has 0 aliphatic carbocycles. The minimum Gasteiger partial charge on any atom is -0.376 e. The molecule has 0 amide bonds. The standard InChI is InChI=1S/C11H18N2O/c14-11(10-12-6-4-5-7-12)13-8-2-1-3-9-13/h4-7,11,14H,1-3,8-10H2. The monoisotopic (exact) mass is 194 g/mol. The molecule has 1 aliphatic heterocycles. The van der Waals surface area contributed by atoms with Gasteiger partial charge < -0.3 is 9.67 Å². The molecule has 0 saturated carbocycles. The lowest BCUT2D eigenvalue weighted by Gasteiger charge is -2.31. The van der Waals surface area contributed by atoms with Crippen LogP contribution in [0.5, 0.6) is 0 Å². The van der Waals surface area contributed by atoms with Gasteiger partial charge in [0.25, 0.3) is 0 Å². The van der Waals surface area contributed by atoms with Gasteiger partial charge in [0, 0.05) is 25.5 Å². The van der Waals surface area contributed by atoms with Crippen molar-refractivity contribution in [2.24, 2.45) is 0 Å². The Morgan fingerprint density at radius 3 is 2.36 bits per heavy atom. The molecule has 1 aromatic heterocycles. The van der Waals surface area contributed by atoms with Crippen LogP contribution in [0, 0.1) is 0 Å². The van der Waals surface area contributed by atoms with E-state index in [-0.39, 0.29) is 6.23 Å². The number of aromatic nitrogens is 1. The van der Waals surface area contributed by atoms with Crippen molar-refractivity contribution < 1.29 is 5.11 Å². The van der Waals surface area contributed by atoms with Crippen LogP contribution in [0.1, 0.15) is 19.3 Å². The first kappa shape index (κ1) is 9.74. The molecule has 78 valence electrons. The molecular weight excluding hydrogens is 176 g/mol. The fraction of sp³-hybridized carbons (Fsp3) is 0.636. The third-order valence-electron chi connectivity index (χ3n) is 2.85. The van der Waals surface area contributed by atoms with Crippen LogP contribution < -0.4 is 0 Å². The first-order valence-electron chi connectivity index (χ1n) is 5.39. The highest BCUT2D eigenvalue weighted by Crippen LogP contribution is 2.11. The molecule has 2 heterocycles. The lowest BCUT2D eigenvalue weighted by atomic mass is 10.1. The van der Waals surface area contributed by atoms with Crippen LogP contribution in [0.2, 0.25) is 0 Å². The predicted octanol–water partition coefficient (Wildman–Crippen LogP) is 1.29. The van der Waals surface area contributed by atoms with E-state index >= 15 is 0 Å². The van der Waals surface area contributed by atoms with E-state index in [9.17, 15) is 5.11 Å². The maximum atomic E-state index is 9.95.